The van der Waals surface area contributed by atoms with E-state index in [4.69, 9.17) is 0 Å². The van der Waals surface area contributed by atoms with Gasteiger partial charge in [-0.2, -0.15) is 13.2 Å². The maximum absolute atomic E-state index is 12.6. The highest BCUT2D eigenvalue weighted by Crippen LogP contribution is 2.34. The predicted octanol–water partition coefficient (Wildman–Crippen LogP) is 4.62. The number of unbranched alkanes of at least 4 members (excludes halogenated alkanes) is 1. The number of nitrogens with one attached hydrogen (secondary N) is 1. The first kappa shape index (κ1) is 13.2. The normalized spacial score (nSPS) is 19.2. The van der Waals surface area contributed by atoms with Crippen LogP contribution in [-0.4, -0.2) is 6.04 Å². The topological polar surface area (TPSA) is 12.0 Å². The average Bonchev–Trinajstić information content (AvgIpc) is 2.34. The molecule has 0 amide bonds. The van der Waals surface area contributed by atoms with E-state index in [1.165, 1.54) is 6.07 Å². The van der Waals surface area contributed by atoms with Gasteiger partial charge in [-0.1, -0.05) is 19.8 Å². The third-order valence-corrected chi connectivity index (χ3v) is 3.46. The summed E-state index contributed by atoms with van der Waals surface area (Å²) in [6.45, 7) is 2.15. The highest BCUT2D eigenvalue weighted by Gasteiger charge is 2.31. The van der Waals surface area contributed by atoms with Gasteiger partial charge in [0.1, 0.15) is 0 Å². The smallest absolute Gasteiger partial charge is 0.382 e. The van der Waals surface area contributed by atoms with Crippen molar-refractivity contribution in [1.29, 1.82) is 0 Å². The first-order chi connectivity index (χ1) is 8.50. The number of alkyl halides is 3. The second-order valence-electron chi connectivity index (χ2n) is 4.89. The first-order valence-corrected chi connectivity index (χ1v) is 6.47. The van der Waals surface area contributed by atoms with E-state index in [1.54, 1.807) is 6.07 Å². The zero-order chi connectivity index (χ0) is 13.2. The Morgan fingerprint density at radius 1 is 1.33 bits per heavy atom. The molecule has 18 heavy (non-hydrogen) atoms. The molecule has 4 heteroatoms. The molecule has 0 saturated heterocycles. The fourth-order valence-electron chi connectivity index (χ4n) is 2.41. The summed E-state index contributed by atoms with van der Waals surface area (Å²) in [7, 11) is 0. The molecule has 1 nitrogen and oxygen atoms in total. The number of benzene rings is 1. The van der Waals surface area contributed by atoms with Gasteiger partial charge in [0.05, 0.1) is 5.56 Å². The van der Waals surface area contributed by atoms with Gasteiger partial charge in [-0.3, -0.25) is 0 Å². The maximum atomic E-state index is 12.6. The lowest BCUT2D eigenvalue weighted by molar-refractivity contribution is -0.137. The molecule has 1 unspecified atom stereocenters. The van der Waals surface area contributed by atoms with Crippen molar-refractivity contribution in [2.75, 3.05) is 5.32 Å². The number of halogens is 3. The lowest BCUT2D eigenvalue weighted by Gasteiger charge is -2.27. The van der Waals surface area contributed by atoms with Crippen molar-refractivity contribution in [3.63, 3.8) is 0 Å². The Morgan fingerprint density at radius 3 is 2.78 bits per heavy atom. The molecule has 1 heterocycles. The van der Waals surface area contributed by atoms with Gasteiger partial charge in [-0.25, -0.2) is 0 Å². The van der Waals surface area contributed by atoms with Crippen molar-refractivity contribution >= 4 is 5.69 Å². The summed E-state index contributed by atoms with van der Waals surface area (Å²) < 4.78 is 37.7. The van der Waals surface area contributed by atoms with E-state index in [0.717, 1.165) is 49.4 Å². The number of rotatable bonds is 3. The van der Waals surface area contributed by atoms with Crippen LogP contribution in [0.25, 0.3) is 0 Å². The van der Waals surface area contributed by atoms with Gasteiger partial charge in [0.25, 0.3) is 0 Å². The van der Waals surface area contributed by atoms with Crippen molar-refractivity contribution in [3.05, 3.63) is 29.3 Å². The molecule has 1 aliphatic rings. The minimum absolute atomic E-state index is 0.411. The van der Waals surface area contributed by atoms with E-state index in [2.05, 4.69) is 12.2 Å². The number of anilines is 1. The van der Waals surface area contributed by atoms with Gasteiger partial charge in [0.2, 0.25) is 0 Å². The van der Waals surface area contributed by atoms with Crippen LogP contribution in [0.1, 0.15) is 43.7 Å². The van der Waals surface area contributed by atoms with Crippen LogP contribution in [0.5, 0.6) is 0 Å². The monoisotopic (exact) mass is 257 g/mol. The van der Waals surface area contributed by atoms with Crippen molar-refractivity contribution in [1.82, 2.24) is 0 Å². The first-order valence-electron chi connectivity index (χ1n) is 6.47. The Bertz CT molecular complexity index is 412. The zero-order valence-electron chi connectivity index (χ0n) is 10.5. The fourth-order valence-corrected chi connectivity index (χ4v) is 2.41. The van der Waals surface area contributed by atoms with E-state index in [0.29, 0.717) is 6.04 Å². The minimum atomic E-state index is -4.24. The summed E-state index contributed by atoms with van der Waals surface area (Å²) in [4.78, 5) is 0. The number of hydrogen-bond donors (Lipinski definition) is 1. The highest BCUT2D eigenvalue weighted by atomic mass is 19.4. The van der Waals surface area contributed by atoms with Crippen molar-refractivity contribution < 1.29 is 13.2 Å². The molecule has 0 bridgehead atoms. The van der Waals surface area contributed by atoms with Crippen molar-refractivity contribution in [2.24, 2.45) is 0 Å². The molecule has 0 fully saturated rings. The molecule has 1 atom stereocenters. The third-order valence-electron chi connectivity index (χ3n) is 3.46. The van der Waals surface area contributed by atoms with E-state index in [-0.39, 0.29) is 0 Å². The second-order valence-corrected chi connectivity index (χ2v) is 4.89. The Morgan fingerprint density at radius 2 is 2.11 bits per heavy atom. The molecular weight excluding hydrogens is 239 g/mol. The summed E-state index contributed by atoms with van der Waals surface area (Å²) in [6.07, 6.45) is 0.825. The SMILES string of the molecule is CCCCC1CCc2cc(C(F)(F)F)ccc2N1. The predicted molar refractivity (Wildman–Crippen MR) is 66.7 cm³/mol. The van der Waals surface area contributed by atoms with Gasteiger partial charge in [-0.05, 0) is 43.0 Å². The second kappa shape index (κ2) is 5.21. The number of hydrogen-bond acceptors (Lipinski definition) is 1. The Balaban J connectivity index is 2.11. The van der Waals surface area contributed by atoms with Gasteiger partial charge < -0.3 is 5.32 Å². The van der Waals surface area contributed by atoms with E-state index < -0.39 is 11.7 Å². The van der Waals surface area contributed by atoms with Gasteiger partial charge in [0, 0.05) is 11.7 Å². The summed E-state index contributed by atoms with van der Waals surface area (Å²) in [5.74, 6) is 0. The molecule has 1 aromatic carbocycles. The molecule has 1 aliphatic heterocycles. The molecule has 0 aromatic heterocycles. The molecule has 0 radical (unpaired) electrons. The van der Waals surface area contributed by atoms with Gasteiger partial charge in [-0.15, -0.1) is 0 Å². The molecule has 2 rings (SSSR count). The van der Waals surface area contributed by atoms with Crippen LogP contribution in [-0.2, 0) is 12.6 Å². The van der Waals surface area contributed by atoms with Crippen LogP contribution in [0.2, 0.25) is 0 Å². The van der Waals surface area contributed by atoms with E-state index in [9.17, 15) is 13.2 Å². The minimum Gasteiger partial charge on any atom is -0.382 e. The summed E-state index contributed by atoms with van der Waals surface area (Å²) in [6, 6.07) is 4.41. The van der Waals surface area contributed by atoms with E-state index in [1.807, 2.05) is 0 Å². The number of fused-ring (bicyclic) bond motifs is 1. The van der Waals surface area contributed by atoms with Crippen LogP contribution in [0, 0.1) is 0 Å². The van der Waals surface area contributed by atoms with Gasteiger partial charge >= 0.3 is 6.18 Å². The molecule has 0 spiro atoms. The zero-order valence-corrected chi connectivity index (χ0v) is 10.5. The van der Waals surface area contributed by atoms with Crippen LogP contribution < -0.4 is 5.32 Å². The summed E-state index contributed by atoms with van der Waals surface area (Å²) in [5.41, 5.74) is 1.11. The van der Waals surface area contributed by atoms with Crippen LogP contribution >= 0.6 is 0 Å². The molecule has 100 valence electrons. The van der Waals surface area contributed by atoms with E-state index >= 15 is 0 Å². The molecule has 1 aromatic rings. The fraction of sp³-hybridized carbons (Fsp3) is 0.571. The Labute approximate surface area is 105 Å². The van der Waals surface area contributed by atoms with Gasteiger partial charge in [0.15, 0.2) is 0 Å². The molecule has 0 aliphatic carbocycles. The molecule has 1 N–H and O–H groups in total. The standard InChI is InChI=1S/C14H18F3N/c1-2-3-4-12-7-5-10-9-11(14(15,16)17)6-8-13(10)18-12/h6,8-9,12,18H,2-5,7H2,1H3. The summed E-state index contributed by atoms with van der Waals surface area (Å²) in [5, 5.41) is 3.34. The maximum Gasteiger partial charge on any atom is 0.416 e. The lowest BCUT2D eigenvalue weighted by atomic mass is 9.93. The Hall–Kier alpha value is -1.19. The highest BCUT2D eigenvalue weighted by molar-refractivity contribution is 5.55. The summed E-state index contributed by atoms with van der Waals surface area (Å²) >= 11 is 0. The van der Waals surface area contributed by atoms with Crippen LogP contribution in [0.3, 0.4) is 0 Å². The van der Waals surface area contributed by atoms with Crippen LogP contribution in [0.15, 0.2) is 18.2 Å². The quantitative estimate of drug-likeness (QED) is 0.833. The van der Waals surface area contributed by atoms with Crippen molar-refractivity contribution in [3.8, 4) is 0 Å². The molecule has 0 saturated carbocycles. The molecular formula is C14H18F3N. The van der Waals surface area contributed by atoms with Crippen molar-refractivity contribution in [2.45, 2.75) is 51.2 Å². The lowest BCUT2D eigenvalue weighted by Crippen LogP contribution is -2.25. The average molecular weight is 257 g/mol. The van der Waals surface area contributed by atoms with Crippen LogP contribution in [0.4, 0.5) is 18.9 Å². The third kappa shape index (κ3) is 2.98. The Kier molecular flexibility index (Phi) is 3.83. The number of aryl methyl sites for hydroxylation is 1. The largest absolute Gasteiger partial charge is 0.416 e.